The van der Waals surface area contributed by atoms with Gasteiger partial charge in [-0.1, -0.05) is 33.8 Å². The van der Waals surface area contributed by atoms with Crippen LogP contribution in [0.1, 0.15) is 18.4 Å². The van der Waals surface area contributed by atoms with Gasteiger partial charge in [-0.15, -0.1) is 0 Å². The summed E-state index contributed by atoms with van der Waals surface area (Å²) in [6.07, 6.45) is 2.53. The molecular weight excluding hydrogens is 356 g/mol. The fourth-order valence-electron chi connectivity index (χ4n) is 1.95. The van der Waals surface area contributed by atoms with E-state index in [1.807, 2.05) is 12.1 Å². The van der Waals surface area contributed by atoms with Gasteiger partial charge in [-0.25, -0.2) is 8.78 Å². The summed E-state index contributed by atoms with van der Waals surface area (Å²) in [4.78, 5) is 1.67. The smallest absolute Gasteiger partial charge is 0.159 e. The molecule has 0 heterocycles. The van der Waals surface area contributed by atoms with Crippen molar-refractivity contribution in [3.63, 3.8) is 0 Å². The van der Waals surface area contributed by atoms with Crippen LogP contribution in [0, 0.1) is 11.6 Å². The molecule has 0 unspecified atom stereocenters. The number of halogens is 3. The number of nitrogens with one attached hydrogen (secondary N) is 1. The minimum atomic E-state index is -0.818. The molecule has 110 valence electrons. The first-order valence-corrected chi connectivity index (χ1v) is 8.37. The second kappa shape index (κ2) is 6.46. The summed E-state index contributed by atoms with van der Waals surface area (Å²) in [6.45, 7) is 0.849. The van der Waals surface area contributed by atoms with Crippen LogP contribution in [0.5, 0.6) is 0 Å². The van der Waals surface area contributed by atoms with Crippen LogP contribution in [0.4, 0.5) is 8.78 Å². The Kier molecular flexibility index (Phi) is 4.62. The molecule has 0 radical (unpaired) electrons. The third-order valence-corrected chi connectivity index (χ3v) is 5.03. The van der Waals surface area contributed by atoms with E-state index in [0.717, 1.165) is 22.0 Å². The average molecular weight is 370 g/mol. The van der Waals surface area contributed by atoms with E-state index in [1.54, 1.807) is 6.07 Å². The minimum Gasteiger partial charge on any atom is -0.310 e. The van der Waals surface area contributed by atoms with Gasteiger partial charge in [-0.2, -0.15) is 0 Å². The molecule has 0 aromatic heterocycles. The molecule has 21 heavy (non-hydrogen) atoms. The first-order valence-electron chi connectivity index (χ1n) is 6.76. The van der Waals surface area contributed by atoms with Crippen LogP contribution in [0.2, 0.25) is 0 Å². The highest BCUT2D eigenvalue weighted by Crippen LogP contribution is 2.32. The first-order chi connectivity index (χ1) is 10.1. The van der Waals surface area contributed by atoms with Gasteiger partial charge >= 0.3 is 0 Å². The van der Waals surface area contributed by atoms with Crippen LogP contribution >= 0.6 is 27.7 Å². The van der Waals surface area contributed by atoms with Gasteiger partial charge in [0.05, 0.1) is 0 Å². The highest BCUT2D eigenvalue weighted by Gasteiger charge is 2.20. The second-order valence-electron chi connectivity index (χ2n) is 5.09. The monoisotopic (exact) mass is 369 g/mol. The van der Waals surface area contributed by atoms with Crippen molar-refractivity contribution in [2.75, 3.05) is 0 Å². The maximum Gasteiger partial charge on any atom is 0.159 e. The van der Waals surface area contributed by atoms with Crippen molar-refractivity contribution in [3.8, 4) is 0 Å². The summed E-state index contributed by atoms with van der Waals surface area (Å²) >= 11 is 4.98. The van der Waals surface area contributed by atoms with Gasteiger partial charge in [0.25, 0.3) is 0 Å². The third-order valence-electron chi connectivity index (χ3n) is 3.31. The molecule has 0 amide bonds. The highest BCUT2D eigenvalue weighted by molar-refractivity contribution is 9.10. The molecular formula is C16H14BrF2NS. The van der Waals surface area contributed by atoms with Crippen LogP contribution in [0.25, 0.3) is 0 Å². The Labute approximate surface area is 135 Å². The van der Waals surface area contributed by atoms with E-state index in [-0.39, 0.29) is 0 Å². The Balaban J connectivity index is 1.70. The molecule has 1 aliphatic rings. The largest absolute Gasteiger partial charge is 0.310 e. The van der Waals surface area contributed by atoms with Crippen molar-refractivity contribution in [3.05, 3.63) is 58.1 Å². The lowest BCUT2D eigenvalue weighted by atomic mass is 10.2. The molecule has 0 bridgehead atoms. The molecule has 0 saturated heterocycles. The second-order valence-corrected chi connectivity index (χ2v) is 7.09. The van der Waals surface area contributed by atoms with Gasteiger partial charge in [-0.05, 0) is 48.7 Å². The van der Waals surface area contributed by atoms with Gasteiger partial charge in [0.1, 0.15) is 0 Å². The molecule has 0 spiro atoms. The Morgan fingerprint density at radius 2 is 1.76 bits per heavy atom. The van der Waals surface area contributed by atoms with Gasteiger partial charge in [0.15, 0.2) is 11.6 Å². The van der Waals surface area contributed by atoms with E-state index in [0.29, 0.717) is 10.9 Å². The quantitative estimate of drug-likeness (QED) is 0.783. The molecule has 2 aromatic carbocycles. The Morgan fingerprint density at radius 3 is 2.43 bits per heavy atom. The standard InChI is InChI=1S/C16H14BrF2NS/c17-14-7-12(4-1-10(14)9-20-11-2-3-11)21-13-5-6-15(18)16(19)8-13/h1,4-8,11,20H,2-3,9H2. The summed E-state index contributed by atoms with van der Waals surface area (Å²) in [6, 6.07) is 10.7. The number of hydrogen-bond acceptors (Lipinski definition) is 2. The predicted molar refractivity (Wildman–Crippen MR) is 84.5 cm³/mol. The lowest BCUT2D eigenvalue weighted by Crippen LogP contribution is -2.15. The molecule has 1 saturated carbocycles. The topological polar surface area (TPSA) is 12.0 Å². The van der Waals surface area contributed by atoms with Gasteiger partial charge in [0.2, 0.25) is 0 Å². The summed E-state index contributed by atoms with van der Waals surface area (Å²) in [5.74, 6) is -1.63. The molecule has 5 heteroatoms. The Morgan fingerprint density at radius 1 is 1.05 bits per heavy atom. The molecule has 1 nitrogen and oxygen atoms in total. The predicted octanol–water partition coefficient (Wildman–Crippen LogP) is 5.13. The van der Waals surface area contributed by atoms with Crippen LogP contribution in [-0.2, 0) is 6.54 Å². The highest BCUT2D eigenvalue weighted by atomic mass is 79.9. The number of hydrogen-bond donors (Lipinski definition) is 1. The number of benzene rings is 2. The first kappa shape index (κ1) is 15.0. The van der Waals surface area contributed by atoms with Crippen LogP contribution in [-0.4, -0.2) is 6.04 Å². The molecule has 1 aliphatic carbocycles. The van der Waals surface area contributed by atoms with Crippen LogP contribution in [0.3, 0.4) is 0 Å². The molecule has 3 rings (SSSR count). The van der Waals surface area contributed by atoms with Crippen molar-refractivity contribution in [1.82, 2.24) is 5.32 Å². The van der Waals surface area contributed by atoms with E-state index in [2.05, 4.69) is 27.3 Å². The molecule has 1 N–H and O–H groups in total. The SMILES string of the molecule is Fc1ccc(Sc2ccc(CNC3CC3)c(Br)c2)cc1F. The van der Waals surface area contributed by atoms with Crippen molar-refractivity contribution in [1.29, 1.82) is 0 Å². The maximum atomic E-state index is 13.2. The Hall–Kier alpha value is -0.910. The van der Waals surface area contributed by atoms with Gasteiger partial charge < -0.3 is 5.32 Å². The summed E-state index contributed by atoms with van der Waals surface area (Å²) in [7, 11) is 0. The summed E-state index contributed by atoms with van der Waals surface area (Å²) in [5.41, 5.74) is 1.21. The van der Waals surface area contributed by atoms with E-state index in [9.17, 15) is 8.78 Å². The van der Waals surface area contributed by atoms with Crippen molar-refractivity contribution in [2.24, 2.45) is 0 Å². The molecule has 0 atom stereocenters. The van der Waals surface area contributed by atoms with E-state index >= 15 is 0 Å². The zero-order valence-electron chi connectivity index (χ0n) is 11.2. The van der Waals surface area contributed by atoms with E-state index in [1.165, 1.54) is 36.2 Å². The summed E-state index contributed by atoms with van der Waals surface area (Å²) in [5, 5.41) is 3.47. The maximum absolute atomic E-state index is 13.2. The minimum absolute atomic E-state index is 0.674. The lowest BCUT2D eigenvalue weighted by molar-refractivity contribution is 0.506. The zero-order chi connectivity index (χ0) is 14.8. The third kappa shape index (κ3) is 4.05. The fourth-order valence-corrected chi connectivity index (χ4v) is 3.51. The van der Waals surface area contributed by atoms with Crippen molar-refractivity contribution in [2.45, 2.75) is 35.2 Å². The summed E-state index contributed by atoms with van der Waals surface area (Å²) < 4.78 is 27.1. The normalized spacial score (nSPS) is 14.4. The average Bonchev–Trinajstić information content (AvgIpc) is 3.26. The van der Waals surface area contributed by atoms with Crippen LogP contribution in [0.15, 0.2) is 50.7 Å². The molecule has 2 aromatic rings. The van der Waals surface area contributed by atoms with E-state index in [4.69, 9.17) is 0 Å². The lowest BCUT2D eigenvalue weighted by Gasteiger charge is -2.08. The number of rotatable bonds is 5. The van der Waals surface area contributed by atoms with Gasteiger partial charge in [-0.3, -0.25) is 0 Å². The van der Waals surface area contributed by atoms with Crippen LogP contribution < -0.4 is 5.32 Å². The fraction of sp³-hybridized carbons (Fsp3) is 0.250. The van der Waals surface area contributed by atoms with Crippen molar-refractivity contribution < 1.29 is 8.78 Å². The van der Waals surface area contributed by atoms with Gasteiger partial charge in [0, 0.05) is 26.9 Å². The van der Waals surface area contributed by atoms with E-state index < -0.39 is 11.6 Å². The van der Waals surface area contributed by atoms with Crippen molar-refractivity contribution >= 4 is 27.7 Å². The molecule has 0 aliphatic heterocycles. The molecule has 1 fully saturated rings. The zero-order valence-corrected chi connectivity index (χ0v) is 13.6. The Bertz CT molecular complexity index is 659.